The summed E-state index contributed by atoms with van der Waals surface area (Å²) in [4.78, 5) is 4.66. The molecule has 2 fully saturated rings. The van der Waals surface area contributed by atoms with E-state index in [0.717, 1.165) is 24.7 Å². The Hall–Kier alpha value is -0.900. The van der Waals surface area contributed by atoms with E-state index in [-0.39, 0.29) is 5.41 Å². The molecule has 4 nitrogen and oxygen atoms in total. The van der Waals surface area contributed by atoms with Crippen LogP contribution >= 0.6 is 0 Å². The van der Waals surface area contributed by atoms with Gasteiger partial charge in [0.2, 0.25) is 5.89 Å². The lowest BCUT2D eigenvalue weighted by molar-refractivity contribution is 0.129. The molecule has 0 spiro atoms. The first kappa shape index (κ1) is 13.1. The Morgan fingerprint density at radius 3 is 2.42 bits per heavy atom. The third-order valence-corrected chi connectivity index (χ3v) is 5.08. The topological polar surface area (TPSA) is 64.9 Å². The third kappa shape index (κ3) is 2.83. The molecule has 0 saturated heterocycles. The van der Waals surface area contributed by atoms with E-state index in [1.165, 1.54) is 57.8 Å². The summed E-state index contributed by atoms with van der Waals surface area (Å²) >= 11 is 0. The molecule has 106 valence electrons. The summed E-state index contributed by atoms with van der Waals surface area (Å²) in [6, 6.07) is 0. The number of hydrogen-bond donors (Lipinski definition) is 1. The van der Waals surface area contributed by atoms with Gasteiger partial charge in [-0.15, -0.1) is 0 Å². The van der Waals surface area contributed by atoms with Crippen LogP contribution in [-0.4, -0.2) is 16.7 Å². The first-order valence-corrected chi connectivity index (χ1v) is 7.84. The second kappa shape index (κ2) is 5.61. The van der Waals surface area contributed by atoms with Gasteiger partial charge in [-0.05, 0) is 37.6 Å². The minimum Gasteiger partial charge on any atom is -0.339 e. The fraction of sp³-hybridized carbons (Fsp3) is 0.867. The standard InChI is InChI=1S/C15H25N3O/c16-11-15(8-5-9-15)10-13-17-14(18-19-13)12-6-3-1-2-4-7-12/h12H,1-11,16H2. The van der Waals surface area contributed by atoms with Crippen molar-refractivity contribution >= 4 is 0 Å². The maximum Gasteiger partial charge on any atom is 0.227 e. The van der Waals surface area contributed by atoms with Crippen molar-refractivity contribution in [1.29, 1.82) is 0 Å². The fourth-order valence-electron chi connectivity index (χ4n) is 3.49. The van der Waals surface area contributed by atoms with E-state index in [9.17, 15) is 0 Å². The van der Waals surface area contributed by atoms with Crippen molar-refractivity contribution in [1.82, 2.24) is 10.1 Å². The van der Waals surface area contributed by atoms with E-state index >= 15 is 0 Å². The number of nitrogens with two attached hydrogens (primary N) is 1. The van der Waals surface area contributed by atoms with E-state index in [4.69, 9.17) is 10.3 Å². The van der Waals surface area contributed by atoms with Gasteiger partial charge < -0.3 is 10.3 Å². The van der Waals surface area contributed by atoms with Crippen molar-refractivity contribution in [3.63, 3.8) is 0 Å². The monoisotopic (exact) mass is 263 g/mol. The van der Waals surface area contributed by atoms with Crippen molar-refractivity contribution in [3.05, 3.63) is 11.7 Å². The van der Waals surface area contributed by atoms with Crippen molar-refractivity contribution in [2.45, 2.75) is 70.1 Å². The van der Waals surface area contributed by atoms with Crippen LogP contribution in [0.15, 0.2) is 4.52 Å². The molecule has 1 aromatic rings. The van der Waals surface area contributed by atoms with Crippen LogP contribution in [0.25, 0.3) is 0 Å². The zero-order chi connectivity index (χ0) is 13.1. The van der Waals surface area contributed by atoms with Crippen LogP contribution in [0.1, 0.15) is 75.4 Å². The lowest BCUT2D eigenvalue weighted by Gasteiger charge is -2.39. The van der Waals surface area contributed by atoms with Gasteiger partial charge >= 0.3 is 0 Å². The van der Waals surface area contributed by atoms with Gasteiger partial charge in [0.25, 0.3) is 0 Å². The molecule has 0 unspecified atom stereocenters. The van der Waals surface area contributed by atoms with Crippen LogP contribution in [0.4, 0.5) is 0 Å². The summed E-state index contributed by atoms with van der Waals surface area (Å²) in [5, 5.41) is 4.23. The highest BCUT2D eigenvalue weighted by Gasteiger charge is 2.37. The molecular weight excluding hydrogens is 238 g/mol. The molecule has 0 amide bonds. The van der Waals surface area contributed by atoms with E-state index < -0.39 is 0 Å². The highest BCUT2D eigenvalue weighted by Crippen LogP contribution is 2.42. The maximum absolute atomic E-state index is 5.90. The van der Waals surface area contributed by atoms with Crippen molar-refractivity contribution in [2.24, 2.45) is 11.1 Å². The summed E-state index contributed by atoms with van der Waals surface area (Å²) in [5.41, 5.74) is 6.15. The quantitative estimate of drug-likeness (QED) is 0.847. The predicted octanol–water partition coefficient (Wildman–Crippen LogP) is 3.18. The first-order chi connectivity index (χ1) is 9.31. The summed E-state index contributed by atoms with van der Waals surface area (Å²) < 4.78 is 5.48. The molecule has 2 aliphatic carbocycles. The van der Waals surface area contributed by atoms with Crippen LogP contribution < -0.4 is 5.73 Å². The SMILES string of the molecule is NCC1(Cc2nc(C3CCCCCC3)no2)CCC1. The third-order valence-electron chi connectivity index (χ3n) is 5.08. The molecule has 0 aromatic carbocycles. The zero-order valence-electron chi connectivity index (χ0n) is 11.7. The number of rotatable bonds is 4. The van der Waals surface area contributed by atoms with Crippen molar-refractivity contribution in [2.75, 3.05) is 6.54 Å². The van der Waals surface area contributed by atoms with Crippen LogP contribution in [0.5, 0.6) is 0 Å². The number of hydrogen-bond acceptors (Lipinski definition) is 4. The summed E-state index contributed by atoms with van der Waals surface area (Å²) in [6.07, 6.45) is 12.4. The van der Waals surface area contributed by atoms with Gasteiger partial charge in [-0.25, -0.2) is 0 Å². The Bertz CT molecular complexity index is 398. The molecular formula is C15H25N3O. The highest BCUT2D eigenvalue weighted by atomic mass is 16.5. The molecule has 2 aliphatic rings. The molecule has 0 atom stereocenters. The smallest absolute Gasteiger partial charge is 0.227 e. The molecule has 4 heteroatoms. The Morgan fingerprint density at radius 1 is 1.11 bits per heavy atom. The van der Waals surface area contributed by atoms with Crippen molar-refractivity contribution in [3.8, 4) is 0 Å². The van der Waals surface area contributed by atoms with Crippen LogP contribution in [0, 0.1) is 5.41 Å². The van der Waals surface area contributed by atoms with E-state index in [1.807, 2.05) is 0 Å². The summed E-state index contributed by atoms with van der Waals surface area (Å²) in [7, 11) is 0. The molecule has 0 bridgehead atoms. The van der Waals surface area contributed by atoms with E-state index in [2.05, 4.69) is 10.1 Å². The molecule has 19 heavy (non-hydrogen) atoms. The average Bonchev–Trinajstić information content (AvgIpc) is 2.67. The molecule has 1 heterocycles. The first-order valence-electron chi connectivity index (χ1n) is 7.84. The van der Waals surface area contributed by atoms with Gasteiger partial charge in [-0.2, -0.15) is 4.98 Å². The highest BCUT2D eigenvalue weighted by molar-refractivity contribution is 5.01. The normalized spacial score (nSPS) is 23.8. The molecule has 1 aromatic heterocycles. The lowest BCUT2D eigenvalue weighted by atomic mass is 9.67. The molecule has 0 radical (unpaired) electrons. The summed E-state index contributed by atoms with van der Waals surface area (Å²) in [6.45, 7) is 0.744. The van der Waals surface area contributed by atoms with Crippen LogP contribution in [0.3, 0.4) is 0 Å². The second-order valence-corrected chi connectivity index (χ2v) is 6.47. The molecule has 0 aliphatic heterocycles. The predicted molar refractivity (Wildman–Crippen MR) is 73.8 cm³/mol. The molecule has 2 N–H and O–H groups in total. The van der Waals surface area contributed by atoms with Crippen LogP contribution in [0.2, 0.25) is 0 Å². The van der Waals surface area contributed by atoms with E-state index in [0.29, 0.717) is 5.92 Å². The molecule has 3 rings (SSSR count). The van der Waals surface area contributed by atoms with Gasteiger partial charge in [0.15, 0.2) is 5.82 Å². The molecule has 2 saturated carbocycles. The average molecular weight is 263 g/mol. The van der Waals surface area contributed by atoms with Gasteiger partial charge in [0.1, 0.15) is 0 Å². The Kier molecular flexibility index (Phi) is 3.87. The summed E-state index contributed by atoms with van der Waals surface area (Å²) in [5.74, 6) is 2.28. The fourth-order valence-corrected chi connectivity index (χ4v) is 3.49. The second-order valence-electron chi connectivity index (χ2n) is 6.47. The Morgan fingerprint density at radius 2 is 1.84 bits per heavy atom. The van der Waals surface area contributed by atoms with Crippen molar-refractivity contribution < 1.29 is 4.52 Å². The minimum absolute atomic E-state index is 0.257. The number of aromatic nitrogens is 2. The number of nitrogens with zero attached hydrogens (tertiary/aromatic N) is 2. The Labute approximate surface area is 115 Å². The van der Waals surface area contributed by atoms with E-state index in [1.54, 1.807) is 0 Å². The van der Waals surface area contributed by atoms with Gasteiger partial charge in [-0.3, -0.25) is 0 Å². The van der Waals surface area contributed by atoms with Gasteiger partial charge in [-0.1, -0.05) is 37.3 Å². The van der Waals surface area contributed by atoms with Crippen LogP contribution in [-0.2, 0) is 6.42 Å². The zero-order valence-corrected chi connectivity index (χ0v) is 11.7. The van der Waals surface area contributed by atoms with Gasteiger partial charge in [0, 0.05) is 12.3 Å². The van der Waals surface area contributed by atoms with Gasteiger partial charge in [0.05, 0.1) is 0 Å². The largest absolute Gasteiger partial charge is 0.339 e. The minimum atomic E-state index is 0.257. The Balaban J connectivity index is 1.65. The maximum atomic E-state index is 5.90. The lowest BCUT2D eigenvalue weighted by Crippen LogP contribution is -2.39.